The molecule has 30 heavy (non-hydrogen) atoms. The van der Waals surface area contributed by atoms with Gasteiger partial charge in [0.15, 0.2) is 12.1 Å². The molecular weight excluding hydrogens is 391 g/mol. The van der Waals surface area contributed by atoms with Crippen molar-refractivity contribution >= 4 is 17.5 Å². The lowest BCUT2D eigenvalue weighted by molar-refractivity contribution is -0.123. The first-order valence-electron chi connectivity index (χ1n) is 9.22. The SMILES string of the molecule is Cc1ccccc1-c1noc(CN2N=N[C@H]3C(=O)N(c4cccc(F)c4)C(=O)[C@@H]32)n1. The number of nitrogens with zero attached hydrogens (tertiary/aromatic N) is 6. The maximum atomic E-state index is 13.6. The van der Waals surface area contributed by atoms with Crippen molar-refractivity contribution in [2.75, 3.05) is 4.90 Å². The molecule has 10 heteroatoms. The Morgan fingerprint density at radius 3 is 2.73 bits per heavy atom. The third kappa shape index (κ3) is 2.84. The van der Waals surface area contributed by atoms with Gasteiger partial charge in [-0.15, -0.1) is 0 Å². The summed E-state index contributed by atoms with van der Waals surface area (Å²) in [5, 5.41) is 13.2. The van der Waals surface area contributed by atoms with E-state index in [1.54, 1.807) is 0 Å². The van der Waals surface area contributed by atoms with Gasteiger partial charge >= 0.3 is 0 Å². The van der Waals surface area contributed by atoms with Gasteiger partial charge in [-0.2, -0.15) is 10.1 Å². The van der Waals surface area contributed by atoms with Crippen LogP contribution in [0.4, 0.5) is 10.1 Å². The number of hydrogen-bond acceptors (Lipinski definition) is 8. The summed E-state index contributed by atoms with van der Waals surface area (Å²) in [6.07, 6.45) is 0. The van der Waals surface area contributed by atoms with Crippen LogP contribution in [0.15, 0.2) is 63.4 Å². The van der Waals surface area contributed by atoms with Crippen LogP contribution in [0, 0.1) is 12.7 Å². The van der Waals surface area contributed by atoms with E-state index in [0.717, 1.165) is 22.1 Å². The maximum absolute atomic E-state index is 13.6. The highest BCUT2D eigenvalue weighted by Gasteiger charge is 2.55. The summed E-state index contributed by atoms with van der Waals surface area (Å²) >= 11 is 0. The summed E-state index contributed by atoms with van der Waals surface area (Å²) in [4.78, 5) is 30.9. The van der Waals surface area contributed by atoms with Gasteiger partial charge in [0.25, 0.3) is 11.8 Å². The summed E-state index contributed by atoms with van der Waals surface area (Å²) in [7, 11) is 0. The lowest BCUT2D eigenvalue weighted by atomic mass is 10.1. The van der Waals surface area contributed by atoms with Crippen molar-refractivity contribution in [2.24, 2.45) is 10.3 Å². The van der Waals surface area contributed by atoms with Gasteiger partial charge in [-0.25, -0.2) is 9.29 Å². The Morgan fingerprint density at radius 2 is 1.93 bits per heavy atom. The molecule has 2 amide bonds. The fourth-order valence-electron chi connectivity index (χ4n) is 3.61. The summed E-state index contributed by atoms with van der Waals surface area (Å²) in [5.74, 6) is -0.964. The minimum Gasteiger partial charge on any atom is -0.337 e. The molecule has 2 aliphatic heterocycles. The normalized spacial score (nSPS) is 20.3. The minimum atomic E-state index is -0.987. The summed E-state index contributed by atoms with van der Waals surface area (Å²) in [6.45, 7) is 1.95. The molecule has 150 valence electrons. The number of aromatic nitrogens is 2. The minimum absolute atomic E-state index is 0.0135. The fourth-order valence-corrected chi connectivity index (χ4v) is 3.61. The Bertz CT molecular complexity index is 1190. The highest BCUT2D eigenvalue weighted by Crippen LogP contribution is 2.33. The van der Waals surface area contributed by atoms with Crippen LogP contribution in [-0.2, 0) is 16.1 Å². The number of carbonyl (C=O) groups excluding carboxylic acids is 2. The zero-order chi connectivity index (χ0) is 20.8. The first-order chi connectivity index (χ1) is 14.5. The summed E-state index contributed by atoms with van der Waals surface area (Å²) in [6, 6.07) is 11.0. The van der Waals surface area contributed by atoms with E-state index >= 15 is 0 Å². The van der Waals surface area contributed by atoms with Gasteiger partial charge in [0.2, 0.25) is 11.7 Å². The van der Waals surface area contributed by atoms with Crippen LogP contribution in [0.2, 0.25) is 0 Å². The van der Waals surface area contributed by atoms with Crippen molar-refractivity contribution in [1.29, 1.82) is 0 Å². The fraction of sp³-hybridized carbons (Fsp3) is 0.200. The van der Waals surface area contributed by atoms with E-state index in [1.165, 1.54) is 23.2 Å². The number of halogens is 1. The van der Waals surface area contributed by atoms with Gasteiger partial charge in [0, 0.05) is 5.56 Å². The van der Waals surface area contributed by atoms with E-state index in [0.29, 0.717) is 5.82 Å². The van der Waals surface area contributed by atoms with Crippen LogP contribution in [0.25, 0.3) is 11.4 Å². The number of rotatable bonds is 4. The zero-order valence-corrected chi connectivity index (χ0v) is 15.8. The van der Waals surface area contributed by atoms with Gasteiger partial charge in [-0.05, 0) is 30.7 Å². The van der Waals surface area contributed by atoms with E-state index in [9.17, 15) is 14.0 Å². The molecule has 0 N–H and O–H groups in total. The molecule has 0 aliphatic carbocycles. The van der Waals surface area contributed by atoms with Crippen LogP contribution in [0.1, 0.15) is 11.5 Å². The van der Waals surface area contributed by atoms with Crippen LogP contribution >= 0.6 is 0 Å². The average molecular weight is 406 g/mol. The molecular formula is C20H15FN6O3. The zero-order valence-electron chi connectivity index (χ0n) is 15.8. The number of benzene rings is 2. The molecule has 1 aromatic heterocycles. The molecule has 1 saturated heterocycles. The van der Waals surface area contributed by atoms with Gasteiger partial charge in [-0.1, -0.05) is 40.7 Å². The second-order valence-corrected chi connectivity index (χ2v) is 7.01. The molecule has 2 atom stereocenters. The molecule has 2 aromatic carbocycles. The molecule has 9 nitrogen and oxygen atoms in total. The lowest BCUT2D eigenvalue weighted by Gasteiger charge is -2.19. The molecule has 1 fully saturated rings. The second-order valence-electron chi connectivity index (χ2n) is 7.01. The van der Waals surface area contributed by atoms with Gasteiger partial charge < -0.3 is 4.52 Å². The first kappa shape index (κ1) is 18.1. The van der Waals surface area contributed by atoms with Crippen molar-refractivity contribution in [3.05, 3.63) is 65.8 Å². The van der Waals surface area contributed by atoms with Gasteiger partial charge in [0.1, 0.15) is 12.4 Å². The third-order valence-electron chi connectivity index (χ3n) is 5.08. The average Bonchev–Trinajstić information content (AvgIpc) is 3.41. The Morgan fingerprint density at radius 1 is 1.10 bits per heavy atom. The van der Waals surface area contributed by atoms with E-state index in [-0.39, 0.29) is 18.1 Å². The topological polar surface area (TPSA) is 104 Å². The number of aryl methyl sites for hydroxylation is 1. The Labute approximate surface area is 169 Å². The Balaban J connectivity index is 1.38. The predicted octanol–water partition coefficient (Wildman–Crippen LogP) is 2.68. The first-order valence-corrected chi connectivity index (χ1v) is 9.22. The molecule has 0 unspecified atom stereocenters. The number of carbonyl (C=O) groups is 2. The Kier molecular flexibility index (Phi) is 4.12. The largest absolute Gasteiger partial charge is 0.337 e. The highest BCUT2D eigenvalue weighted by molar-refractivity contribution is 6.25. The van der Waals surface area contributed by atoms with E-state index < -0.39 is 29.7 Å². The lowest BCUT2D eigenvalue weighted by Crippen LogP contribution is -2.39. The van der Waals surface area contributed by atoms with E-state index in [4.69, 9.17) is 4.52 Å². The molecule has 0 spiro atoms. The maximum Gasteiger partial charge on any atom is 0.263 e. The second kappa shape index (κ2) is 6.83. The number of imide groups is 1. The van der Waals surface area contributed by atoms with Crippen molar-refractivity contribution in [2.45, 2.75) is 25.6 Å². The molecule has 3 aromatic rings. The van der Waals surface area contributed by atoms with Crippen molar-refractivity contribution in [3.63, 3.8) is 0 Å². The highest BCUT2D eigenvalue weighted by atomic mass is 19.1. The van der Waals surface area contributed by atoms with Crippen LogP contribution in [0.5, 0.6) is 0 Å². The number of hydrogen-bond donors (Lipinski definition) is 0. The van der Waals surface area contributed by atoms with Gasteiger partial charge in [0.05, 0.1) is 5.69 Å². The monoisotopic (exact) mass is 406 g/mol. The molecule has 0 radical (unpaired) electrons. The molecule has 5 rings (SSSR count). The summed E-state index contributed by atoms with van der Waals surface area (Å²) in [5.41, 5.74) is 1.99. The quantitative estimate of drug-likeness (QED) is 0.617. The molecule has 0 bridgehead atoms. The molecule has 3 heterocycles. The van der Waals surface area contributed by atoms with E-state index in [1.807, 2.05) is 31.2 Å². The van der Waals surface area contributed by atoms with Crippen molar-refractivity contribution < 1.29 is 18.5 Å². The predicted molar refractivity (Wildman–Crippen MR) is 101 cm³/mol. The van der Waals surface area contributed by atoms with E-state index in [2.05, 4.69) is 20.5 Å². The Hall–Kier alpha value is -3.95. The van der Waals surface area contributed by atoms with Crippen molar-refractivity contribution in [3.8, 4) is 11.4 Å². The summed E-state index contributed by atoms with van der Waals surface area (Å²) < 4.78 is 18.9. The van der Waals surface area contributed by atoms with Crippen LogP contribution in [-0.4, -0.2) is 39.0 Å². The number of anilines is 1. The van der Waals surface area contributed by atoms with Crippen molar-refractivity contribution in [1.82, 2.24) is 15.1 Å². The van der Waals surface area contributed by atoms with Crippen LogP contribution in [0.3, 0.4) is 0 Å². The third-order valence-corrected chi connectivity index (χ3v) is 5.08. The van der Waals surface area contributed by atoms with Crippen LogP contribution < -0.4 is 4.90 Å². The number of amides is 2. The molecule has 2 aliphatic rings. The smallest absolute Gasteiger partial charge is 0.263 e. The molecule has 0 saturated carbocycles. The standard InChI is InChI=1S/C20H15FN6O3/c1-11-5-2-3-8-14(11)18-22-15(30-24-18)10-26-17-16(23-25-26)19(28)27(20(17)29)13-7-4-6-12(21)9-13/h2-9,16-17H,10H2,1H3/t16-,17-/m1/s1. The number of fused-ring (bicyclic) bond motifs is 1. The van der Waals surface area contributed by atoms with Gasteiger partial charge in [-0.3, -0.25) is 14.6 Å².